The second-order valence-electron chi connectivity index (χ2n) is 4.34. The second kappa shape index (κ2) is 2.78. The summed E-state index contributed by atoms with van der Waals surface area (Å²) in [6, 6.07) is 0. The van der Waals surface area contributed by atoms with Gasteiger partial charge in [-0.25, -0.2) is 0 Å². The monoisotopic (exact) mass is 154 g/mol. The van der Waals surface area contributed by atoms with Crippen LogP contribution in [-0.2, 0) is 4.74 Å². The summed E-state index contributed by atoms with van der Waals surface area (Å²) in [6.07, 6.45) is 7.18. The van der Waals surface area contributed by atoms with Crippen LogP contribution in [0, 0.1) is 11.3 Å². The molecule has 0 bridgehead atoms. The molecule has 1 heteroatoms. The summed E-state index contributed by atoms with van der Waals surface area (Å²) in [5.74, 6) is 0.822. The average Bonchev–Trinajstić information content (AvgIpc) is 2.36. The third-order valence-corrected chi connectivity index (χ3v) is 3.65. The number of hydrogen-bond acceptors (Lipinski definition) is 1. The first-order chi connectivity index (χ1) is 5.33. The van der Waals surface area contributed by atoms with Crippen LogP contribution in [0.25, 0.3) is 0 Å². The molecule has 1 saturated carbocycles. The normalized spacial score (nSPS) is 36.3. The largest absolute Gasteiger partial charge is 0.381 e. The van der Waals surface area contributed by atoms with Gasteiger partial charge in [0.25, 0.3) is 0 Å². The molecule has 0 amide bonds. The van der Waals surface area contributed by atoms with E-state index in [0.717, 1.165) is 19.1 Å². The summed E-state index contributed by atoms with van der Waals surface area (Å²) in [6.45, 7) is 4.42. The first-order valence-electron chi connectivity index (χ1n) is 4.91. The van der Waals surface area contributed by atoms with Gasteiger partial charge < -0.3 is 4.74 Å². The zero-order valence-corrected chi connectivity index (χ0v) is 7.44. The maximum atomic E-state index is 5.55. The lowest BCUT2D eigenvalue weighted by atomic mass is 9.68. The molecule has 1 heterocycles. The zero-order chi connectivity index (χ0) is 7.73. The van der Waals surface area contributed by atoms with Crippen molar-refractivity contribution < 1.29 is 4.74 Å². The van der Waals surface area contributed by atoms with Crippen LogP contribution in [0.4, 0.5) is 0 Å². The van der Waals surface area contributed by atoms with Gasteiger partial charge in [0.05, 0.1) is 6.61 Å². The molecule has 1 aliphatic carbocycles. The fraction of sp³-hybridized carbons (Fsp3) is 1.00. The van der Waals surface area contributed by atoms with E-state index in [1.54, 1.807) is 0 Å². The molecule has 0 aromatic carbocycles. The number of rotatable bonds is 0. The molecule has 1 spiro atoms. The summed E-state index contributed by atoms with van der Waals surface area (Å²) in [5.41, 5.74) is 0.609. The molecular weight excluding hydrogens is 136 g/mol. The highest BCUT2D eigenvalue weighted by Gasteiger charge is 2.41. The van der Waals surface area contributed by atoms with Crippen molar-refractivity contribution >= 4 is 0 Å². The van der Waals surface area contributed by atoms with Crippen molar-refractivity contribution in [3.05, 3.63) is 0 Å². The van der Waals surface area contributed by atoms with Crippen LogP contribution in [0.2, 0.25) is 0 Å². The second-order valence-corrected chi connectivity index (χ2v) is 4.34. The standard InChI is InChI=1S/C10H18O/c1-9-7-11-8-10(9)5-3-2-4-6-10/h9H,2-8H2,1H3. The highest BCUT2D eigenvalue weighted by atomic mass is 16.5. The van der Waals surface area contributed by atoms with E-state index in [-0.39, 0.29) is 0 Å². The van der Waals surface area contributed by atoms with E-state index < -0.39 is 0 Å². The van der Waals surface area contributed by atoms with E-state index in [1.807, 2.05) is 0 Å². The van der Waals surface area contributed by atoms with Crippen LogP contribution >= 0.6 is 0 Å². The van der Waals surface area contributed by atoms with E-state index in [9.17, 15) is 0 Å². The van der Waals surface area contributed by atoms with E-state index in [2.05, 4.69) is 6.92 Å². The molecule has 1 nitrogen and oxygen atoms in total. The van der Waals surface area contributed by atoms with E-state index >= 15 is 0 Å². The third kappa shape index (κ3) is 1.20. The molecule has 2 fully saturated rings. The minimum atomic E-state index is 0.609. The molecule has 2 rings (SSSR count). The zero-order valence-electron chi connectivity index (χ0n) is 7.44. The van der Waals surface area contributed by atoms with E-state index in [1.165, 1.54) is 32.1 Å². The fourth-order valence-corrected chi connectivity index (χ4v) is 2.65. The fourth-order valence-electron chi connectivity index (χ4n) is 2.65. The average molecular weight is 154 g/mol. The molecule has 1 saturated heterocycles. The van der Waals surface area contributed by atoms with Gasteiger partial charge in [-0.1, -0.05) is 26.2 Å². The Hall–Kier alpha value is -0.0400. The predicted molar refractivity (Wildman–Crippen MR) is 45.5 cm³/mol. The first-order valence-corrected chi connectivity index (χ1v) is 4.91. The maximum Gasteiger partial charge on any atom is 0.0525 e. The summed E-state index contributed by atoms with van der Waals surface area (Å²) in [7, 11) is 0. The van der Waals surface area contributed by atoms with Crippen LogP contribution in [0.5, 0.6) is 0 Å². The van der Waals surface area contributed by atoms with E-state index in [4.69, 9.17) is 4.74 Å². The van der Waals surface area contributed by atoms with Gasteiger partial charge in [-0.05, 0) is 24.2 Å². The molecule has 0 aromatic heterocycles. The Morgan fingerprint density at radius 1 is 1.18 bits per heavy atom. The minimum absolute atomic E-state index is 0.609. The molecule has 0 radical (unpaired) electrons. The van der Waals surface area contributed by atoms with Gasteiger partial charge in [-0.15, -0.1) is 0 Å². The molecule has 1 atom stereocenters. The topological polar surface area (TPSA) is 9.23 Å². The van der Waals surface area contributed by atoms with Crippen molar-refractivity contribution in [2.75, 3.05) is 13.2 Å². The molecule has 0 aromatic rings. The summed E-state index contributed by atoms with van der Waals surface area (Å²) in [5, 5.41) is 0. The van der Waals surface area contributed by atoms with Crippen LogP contribution in [-0.4, -0.2) is 13.2 Å². The number of hydrogen-bond donors (Lipinski definition) is 0. The predicted octanol–water partition coefficient (Wildman–Crippen LogP) is 2.60. The molecule has 1 unspecified atom stereocenters. The molecule has 2 aliphatic rings. The van der Waals surface area contributed by atoms with Crippen molar-refractivity contribution in [3.63, 3.8) is 0 Å². The maximum absolute atomic E-state index is 5.55. The van der Waals surface area contributed by atoms with Gasteiger partial charge in [0, 0.05) is 6.61 Å². The van der Waals surface area contributed by atoms with Gasteiger partial charge in [0.2, 0.25) is 0 Å². The Morgan fingerprint density at radius 2 is 1.91 bits per heavy atom. The number of ether oxygens (including phenoxy) is 1. The summed E-state index contributed by atoms with van der Waals surface area (Å²) in [4.78, 5) is 0. The SMILES string of the molecule is CC1COCC12CCCCC2. The highest BCUT2D eigenvalue weighted by Crippen LogP contribution is 2.46. The minimum Gasteiger partial charge on any atom is -0.381 e. The Morgan fingerprint density at radius 3 is 2.45 bits per heavy atom. The molecule has 64 valence electrons. The Kier molecular flexibility index (Phi) is 1.92. The summed E-state index contributed by atoms with van der Waals surface area (Å²) >= 11 is 0. The third-order valence-electron chi connectivity index (χ3n) is 3.65. The lowest BCUT2D eigenvalue weighted by Gasteiger charge is -2.35. The van der Waals surface area contributed by atoms with Crippen molar-refractivity contribution in [2.45, 2.75) is 39.0 Å². The van der Waals surface area contributed by atoms with E-state index in [0.29, 0.717) is 5.41 Å². The first kappa shape index (κ1) is 7.60. The van der Waals surface area contributed by atoms with Gasteiger partial charge in [-0.3, -0.25) is 0 Å². The Bertz CT molecular complexity index is 136. The van der Waals surface area contributed by atoms with Crippen molar-refractivity contribution in [3.8, 4) is 0 Å². The van der Waals surface area contributed by atoms with Crippen molar-refractivity contribution in [1.29, 1.82) is 0 Å². The lowest BCUT2D eigenvalue weighted by molar-refractivity contribution is 0.114. The Labute approximate surface area is 69.1 Å². The molecule has 0 N–H and O–H groups in total. The molecule has 11 heavy (non-hydrogen) atoms. The van der Waals surface area contributed by atoms with Gasteiger partial charge in [0.1, 0.15) is 0 Å². The van der Waals surface area contributed by atoms with Crippen LogP contribution in [0.15, 0.2) is 0 Å². The lowest BCUT2D eigenvalue weighted by Crippen LogP contribution is -2.30. The van der Waals surface area contributed by atoms with Gasteiger partial charge >= 0.3 is 0 Å². The Balaban J connectivity index is 2.06. The highest BCUT2D eigenvalue weighted by molar-refractivity contribution is 4.90. The van der Waals surface area contributed by atoms with Crippen LogP contribution < -0.4 is 0 Å². The van der Waals surface area contributed by atoms with Gasteiger partial charge in [-0.2, -0.15) is 0 Å². The molecule has 1 aliphatic heterocycles. The van der Waals surface area contributed by atoms with Crippen molar-refractivity contribution in [1.82, 2.24) is 0 Å². The van der Waals surface area contributed by atoms with Crippen molar-refractivity contribution in [2.24, 2.45) is 11.3 Å². The summed E-state index contributed by atoms with van der Waals surface area (Å²) < 4.78 is 5.55. The quantitative estimate of drug-likeness (QED) is 0.521. The van der Waals surface area contributed by atoms with Crippen LogP contribution in [0.3, 0.4) is 0 Å². The smallest absolute Gasteiger partial charge is 0.0525 e. The molecular formula is C10H18O. The van der Waals surface area contributed by atoms with Crippen LogP contribution in [0.1, 0.15) is 39.0 Å². The van der Waals surface area contributed by atoms with Gasteiger partial charge in [0.15, 0.2) is 0 Å².